The van der Waals surface area contributed by atoms with Crippen LogP contribution in [0, 0.1) is 24.2 Å². The Morgan fingerprint density at radius 1 is 1.08 bits per heavy atom. The number of benzene rings is 1. The van der Waals surface area contributed by atoms with E-state index in [0.29, 0.717) is 13.1 Å². The molecule has 2 aromatic heterocycles. The molecule has 0 radical (unpaired) electrons. The number of carbonyl (C=O) groups is 1. The normalized spacial score (nSPS) is 18.5. The monoisotopic (exact) mass is 503 g/mol. The molecule has 0 spiro atoms. The van der Waals surface area contributed by atoms with Gasteiger partial charge in [-0.15, -0.1) is 11.3 Å². The van der Waals surface area contributed by atoms with E-state index in [1.807, 2.05) is 20.8 Å². The second-order valence-corrected chi connectivity index (χ2v) is 11.9. The van der Waals surface area contributed by atoms with Gasteiger partial charge in [-0.1, -0.05) is 12.1 Å². The molecule has 0 aliphatic carbocycles. The molecule has 2 aliphatic heterocycles. The third-order valence-electron chi connectivity index (χ3n) is 6.75. The minimum Gasteiger partial charge on any atom is -0.444 e. The van der Waals surface area contributed by atoms with Crippen molar-refractivity contribution >= 4 is 39.0 Å². The van der Waals surface area contributed by atoms with Gasteiger partial charge in [0.25, 0.3) is 0 Å². The predicted molar refractivity (Wildman–Crippen MR) is 146 cm³/mol. The molecule has 0 N–H and O–H groups in total. The van der Waals surface area contributed by atoms with Crippen LogP contribution in [0.5, 0.6) is 0 Å². The first kappa shape index (κ1) is 24.4. The Kier molecular flexibility index (Phi) is 6.52. The van der Waals surface area contributed by atoms with Crippen LogP contribution in [0.1, 0.15) is 32.1 Å². The van der Waals surface area contributed by atoms with Crippen molar-refractivity contribution in [3.8, 4) is 17.3 Å². The number of ether oxygens (including phenoxy) is 1. The standard InChI is InChI=1S/C28H33N5O2S/c1-19-15-24-26(36-19)25(33-10-9-20(17-29)18-33)16-23(30-24)21-5-7-22(8-6-21)31-11-13-32(14-12-31)27(34)35-28(2,3)4/h5-8,15-16,20H,9-14,18H2,1-4H3. The Morgan fingerprint density at radius 2 is 1.81 bits per heavy atom. The van der Waals surface area contributed by atoms with Gasteiger partial charge < -0.3 is 19.4 Å². The predicted octanol–water partition coefficient (Wildman–Crippen LogP) is 5.68. The maximum atomic E-state index is 12.4. The van der Waals surface area contributed by atoms with E-state index >= 15 is 0 Å². The number of rotatable bonds is 3. The first-order valence-electron chi connectivity index (χ1n) is 12.6. The SMILES string of the molecule is Cc1cc2nc(-c3ccc(N4CCN(C(=O)OC(C)(C)C)CC4)cc3)cc(N3CCC(C#N)C3)c2s1. The Bertz CT molecular complexity index is 1300. The summed E-state index contributed by atoms with van der Waals surface area (Å²) in [5.74, 6) is 0.0905. The topological polar surface area (TPSA) is 72.7 Å². The first-order valence-corrected chi connectivity index (χ1v) is 13.4. The highest BCUT2D eigenvalue weighted by molar-refractivity contribution is 7.19. The third kappa shape index (κ3) is 5.12. The van der Waals surface area contributed by atoms with Crippen molar-refractivity contribution in [1.29, 1.82) is 5.26 Å². The molecule has 188 valence electrons. The number of anilines is 2. The molecule has 2 saturated heterocycles. The molecular weight excluding hydrogens is 470 g/mol. The van der Waals surface area contributed by atoms with Crippen LogP contribution in [-0.4, -0.2) is 60.8 Å². The van der Waals surface area contributed by atoms with Crippen molar-refractivity contribution in [2.75, 3.05) is 49.1 Å². The number of nitrogens with zero attached hydrogens (tertiary/aromatic N) is 5. The summed E-state index contributed by atoms with van der Waals surface area (Å²) in [6, 6.07) is 15.3. The molecule has 7 nitrogen and oxygen atoms in total. The molecule has 1 atom stereocenters. The fourth-order valence-corrected chi connectivity index (χ4v) is 5.90. The summed E-state index contributed by atoms with van der Waals surface area (Å²) in [5.41, 5.74) is 4.91. The van der Waals surface area contributed by atoms with Crippen LogP contribution >= 0.6 is 11.3 Å². The van der Waals surface area contributed by atoms with E-state index < -0.39 is 5.60 Å². The summed E-state index contributed by atoms with van der Waals surface area (Å²) in [6.07, 6.45) is 0.674. The van der Waals surface area contributed by atoms with Crippen LogP contribution in [0.15, 0.2) is 36.4 Å². The van der Waals surface area contributed by atoms with E-state index in [9.17, 15) is 10.1 Å². The number of aryl methyl sites for hydroxylation is 1. The van der Waals surface area contributed by atoms with Gasteiger partial charge in [-0.2, -0.15) is 5.26 Å². The van der Waals surface area contributed by atoms with Crippen molar-refractivity contribution in [3.05, 3.63) is 41.3 Å². The van der Waals surface area contributed by atoms with Crippen molar-refractivity contribution in [2.45, 2.75) is 39.7 Å². The number of aromatic nitrogens is 1. The number of piperazine rings is 1. The molecule has 1 aromatic carbocycles. The smallest absolute Gasteiger partial charge is 0.410 e. The summed E-state index contributed by atoms with van der Waals surface area (Å²) in [5, 5.41) is 9.38. The quantitative estimate of drug-likeness (QED) is 0.458. The number of amides is 1. The Morgan fingerprint density at radius 3 is 2.44 bits per heavy atom. The maximum absolute atomic E-state index is 12.4. The lowest BCUT2D eigenvalue weighted by atomic mass is 10.1. The second kappa shape index (κ2) is 9.62. The van der Waals surface area contributed by atoms with Crippen LogP contribution in [-0.2, 0) is 4.74 Å². The lowest BCUT2D eigenvalue weighted by Crippen LogP contribution is -2.50. The van der Waals surface area contributed by atoms with E-state index in [0.717, 1.165) is 55.1 Å². The number of hydrogen-bond acceptors (Lipinski definition) is 7. The lowest BCUT2D eigenvalue weighted by molar-refractivity contribution is 0.0240. The van der Waals surface area contributed by atoms with Crippen LogP contribution in [0.4, 0.5) is 16.2 Å². The highest BCUT2D eigenvalue weighted by Crippen LogP contribution is 2.38. The minimum absolute atomic E-state index is 0.0905. The van der Waals surface area contributed by atoms with Crippen LogP contribution in [0.2, 0.25) is 0 Å². The average molecular weight is 504 g/mol. The third-order valence-corrected chi connectivity index (χ3v) is 7.82. The van der Waals surface area contributed by atoms with E-state index in [1.54, 1.807) is 16.2 Å². The minimum atomic E-state index is -0.477. The summed E-state index contributed by atoms with van der Waals surface area (Å²) in [4.78, 5) is 25.0. The van der Waals surface area contributed by atoms with Crippen molar-refractivity contribution in [3.63, 3.8) is 0 Å². The van der Waals surface area contributed by atoms with Crippen LogP contribution < -0.4 is 9.80 Å². The van der Waals surface area contributed by atoms with Gasteiger partial charge in [0.05, 0.1) is 33.6 Å². The zero-order valence-electron chi connectivity index (χ0n) is 21.5. The number of thiophene rings is 1. The lowest BCUT2D eigenvalue weighted by Gasteiger charge is -2.36. The van der Waals surface area contributed by atoms with E-state index in [4.69, 9.17) is 9.72 Å². The fraction of sp³-hybridized carbons (Fsp3) is 0.464. The van der Waals surface area contributed by atoms with Gasteiger partial charge in [0.2, 0.25) is 0 Å². The fourth-order valence-electron chi connectivity index (χ4n) is 4.91. The highest BCUT2D eigenvalue weighted by atomic mass is 32.1. The molecule has 1 amide bonds. The maximum Gasteiger partial charge on any atom is 0.410 e. The van der Waals surface area contributed by atoms with Gasteiger partial charge >= 0.3 is 6.09 Å². The molecule has 1 unspecified atom stereocenters. The molecule has 0 saturated carbocycles. The van der Waals surface area contributed by atoms with Crippen molar-refractivity contribution in [2.24, 2.45) is 5.92 Å². The molecule has 5 rings (SSSR count). The Balaban J connectivity index is 1.33. The average Bonchev–Trinajstić information content (AvgIpc) is 3.48. The van der Waals surface area contributed by atoms with Gasteiger partial charge in [-0.25, -0.2) is 9.78 Å². The van der Waals surface area contributed by atoms with E-state index in [1.165, 1.54) is 15.3 Å². The van der Waals surface area contributed by atoms with Crippen LogP contribution in [0.25, 0.3) is 21.5 Å². The van der Waals surface area contributed by atoms with Gasteiger partial charge in [-0.05, 0) is 58.4 Å². The zero-order chi connectivity index (χ0) is 25.4. The molecule has 3 aromatic rings. The number of nitriles is 1. The molecule has 4 heterocycles. The van der Waals surface area contributed by atoms with Gasteiger partial charge in [0.15, 0.2) is 0 Å². The number of hydrogen-bond donors (Lipinski definition) is 0. The summed E-state index contributed by atoms with van der Waals surface area (Å²) in [7, 11) is 0. The molecule has 36 heavy (non-hydrogen) atoms. The van der Waals surface area contributed by atoms with Gasteiger partial charge in [-0.3, -0.25) is 0 Å². The largest absolute Gasteiger partial charge is 0.444 e. The molecule has 0 bridgehead atoms. The first-order chi connectivity index (χ1) is 17.2. The molecule has 2 fully saturated rings. The number of pyridine rings is 1. The zero-order valence-corrected chi connectivity index (χ0v) is 22.3. The van der Waals surface area contributed by atoms with Crippen LogP contribution in [0.3, 0.4) is 0 Å². The second-order valence-electron chi connectivity index (χ2n) is 10.7. The van der Waals surface area contributed by atoms with E-state index in [2.05, 4.69) is 59.2 Å². The summed E-state index contributed by atoms with van der Waals surface area (Å²) in [6.45, 7) is 12.3. The number of carbonyl (C=O) groups excluding carboxylic acids is 1. The molecule has 8 heteroatoms. The summed E-state index contributed by atoms with van der Waals surface area (Å²) >= 11 is 1.77. The highest BCUT2D eigenvalue weighted by Gasteiger charge is 2.27. The summed E-state index contributed by atoms with van der Waals surface area (Å²) < 4.78 is 6.72. The van der Waals surface area contributed by atoms with Gasteiger partial charge in [0.1, 0.15) is 5.60 Å². The molecule has 2 aliphatic rings. The molecular formula is C28H33N5O2S. The Labute approximate surface area is 216 Å². The van der Waals surface area contributed by atoms with E-state index in [-0.39, 0.29) is 12.0 Å². The van der Waals surface area contributed by atoms with Crippen molar-refractivity contribution in [1.82, 2.24) is 9.88 Å². The van der Waals surface area contributed by atoms with Crippen molar-refractivity contribution < 1.29 is 9.53 Å². The van der Waals surface area contributed by atoms with Gasteiger partial charge in [0, 0.05) is 55.4 Å². The Hall–Kier alpha value is -3.31. The number of fused-ring (bicyclic) bond motifs is 1.